The van der Waals surface area contributed by atoms with Crippen molar-refractivity contribution >= 4 is 13.3 Å². The van der Waals surface area contributed by atoms with E-state index in [0.29, 0.717) is 5.92 Å². The van der Waals surface area contributed by atoms with E-state index in [4.69, 9.17) is 0 Å². The maximum Gasteiger partial charge on any atom is 0.0798 e. The standard InChI is InChI=1S/C19H16N.C18H24NSi.Ir/c1-15-14-20-19(17-10-6-3-7-11-17)13-18(15)12-16-8-4-2-5-9-16;1-14(2)11-16-12-17(15-9-7-6-8-10-15)19-13-18(16)20(3,4)5;/h2-10,13-14H,12H2,1H3;6-9,12-14H,11H2,1-5H3;/q2*-1;. The molecule has 0 bridgehead atoms. The summed E-state index contributed by atoms with van der Waals surface area (Å²) in [7, 11) is -1.34. The minimum absolute atomic E-state index is 0. The van der Waals surface area contributed by atoms with Crippen LogP contribution in [0.3, 0.4) is 0 Å². The van der Waals surface area contributed by atoms with Crippen LogP contribution in [0, 0.1) is 25.0 Å². The van der Waals surface area contributed by atoms with Crippen LogP contribution in [0.2, 0.25) is 19.6 Å². The minimum Gasteiger partial charge on any atom is -0.305 e. The molecule has 4 heteroatoms. The van der Waals surface area contributed by atoms with Gasteiger partial charge in [-0.2, -0.15) is 0 Å². The van der Waals surface area contributed by atoms with E-state index >= 15 is 0 Å². The van der Waals surface area contributed by atoms with Crippen molar-refractivity contribution in [1.29, 1.82) is 0 Å². The van der Waals surface area contributed by atoms with Crippen LogP contribution in [0.15, 0.2) is 103 Å². The third-order valence-electron chi connectivity index (χ3n) is 6.85. The van der Waals surface area contributed by atoms with Gasteiger partial charge >= 0.3 is 0 Å². The number of hydrogen-bond donors (Lipinski definition) is 0. The molecule has 0 aliphatic carbocycles. The van der Waals surface area contributed by atoms with Gasteiger partial charge in [0.2, 0.25) is 0 Å². The molecule has 0 N–H and O–H groups in total. The fourth-order valence-corrected chi connectivity index (χ4v) is 6.34. The number of hydrogen-bond acceptors (Lipinski definition) is 2. The molecule has 0 unspecified atom stereocenters. The molecule has 213 valence electrons. The molecule has 0 aliphatic rings. The number of aromatic nitrogens is 2. The van der Waals surface area contributed by atoms with E-state index in [1.165, 1.54) is 27.4 Å². The van der Waals surface area contributed by atoms with Crippen LogP contribution in [0.5, 0.6) is 0 Å². The van der Waals surface area contributed by atoms with E-state index in [-0.39, 0.29) is 20.1 Å². The van der Waals surface area contributed by atoms with Crippen LogP contribution in [0.4, 0.5) is 0 Å². The van der Waals surface area contributed by atoms with Gasteiger partial charge < -0.3 is 9.97 Å². The van der Waals surface area contributed by atoms with Gasteiger partial charge in [-0.1, -0.05) is 81.5 Å². The number of rotatable bonds is 7. The quantitative estimate of drug-likeness (QED) is 0.124. The van der Waals surface area contributed by atoms with Crippen LogP contribution in [-0.4, -0.2) is 18.0 Å². The van der Waals surface area contributed by atoms with Gasteiger partial charge in [0.1, 0.15) is 0 Å². The minimum atomic E-state index is -1.34. The summed E-state index contributed by atoms with van der Waals surface area (Å²) in [6, 6.07) is 37.5. The summed E-state index contributed by atoms with van der Waals surface area (Å²) in [5.41, 5.74) is 9.50. The van der Waals surface area contributed by atoms with Gasteiger partial charge in [0.15, 0.2) is 0 Å². The van der Waals surface area contributed by atoms with Crippen molar-refractivity contribution in [1.82, 2.24) is 9.97 Å². The number of nitrogens with zero attached hydrogens (tertiary/aromatic N) is 2. The predicted molar refractivity (Wildman–Crippen MR) is 173 cm³/mol. The first kappa shape index (κ1) is 32.3. The predicted octanol–water partition coefficient (Wildman–Crippen LogP) is 8.74. The average molecular weight is 733 g/mol. The van der Waals surface area contributed by atoms with Crippen molar-refractivity contribution in [2.45, 2.75) is 53.3 Å². The second kappa shape index (κ2) is 15.2. The molecule has 5 aromatic rings. The summed E-state index contributed by atoms with van der Waals surface area (Å²) < 4.78 is 0. The number of pyridine rings is 2. The Morgan fingerprint density at radius 3 is 1.76 bits per heavy atom. The molecule has 0 saturated carbocycles. The van der Waals surface area contributed by atoms with E-state index in [1.807, 2.05) is 54.7 Å². The molecule has 41 heavy (non-hydrogen) atoms. The summed E-state index contributed by atoms with van der Waals surface area (Å²) in [6.45, 7) is 13.8. The maximum atomic E-state index is 4.69. The summed E-state index contributed by atoms with van der Waals surface area (Å²) >= 11 is 0. The molecule has 2 heterocycles. The molecule has 0 amide bonds. The van der Waals surface area contributed by atoms with Gasteiger partial charge in [-0.3, -0.25) is 0 Å². The molecule has 0 aliphatic heterocycles. The molecule has 5 rings (SSSR count). The Balaban J connectivity index is 0.000000220. The van der Waals surface area contributed by atoms with Crippen LogP contribution >= 0.6 is 0 Å². The van der Waals surface area contributed by atoms with Crippen molar-refractivity contribution in [3.8, 4) is 22.5 Å². The van der Waals surface area contributed by atoms with Gasteiger partial charge in [0.05, 0.1) is 8.07 Å². The van der Waals surface area contributed by atoms with E-state index in [9.17, 15) is 0 Å². The second-order valence-electron chi connectivity index (χ2n) is 11.8. The average Bonchev–Trinajstić information content (AvgIpc) is 2.95. The Labute approximate surface area is 261 Å². The number of aryl methyl sites for hydroxylation is 1. The van der Waals surface area contributed by atoms with E-state index in [1.54, 1.807) is 0 Å². The SMILES string of the molecule is CC(C)Cc1cc(-c2[c-]cccc2)ncc1[Si](C)(C)C.Cc1cnc(-c2[c-]cccc2)cc1Cc1ccccc1.[Ir]. The largest absolute Gasteiger partial charge is 0.305 e. The first-order valence-corrected chi connectivity index (χ1v) is 17.6. The van der Waals surface area contributed by atoms with E-state index in [2.05, 4.69) is 111 Å². The summed E-state index contributed by atoms with van der Waals surface area (Å²) in [5, 5.41) is 1.49. The summed E-state index contributed by atoms with van der Waals surface area (Å²) in [6.07, 6.45) is 6.13. The zero-order chi connectivity index (χ0) is 28.5. The third-order valence-corrected chi connectivity index (χ3v) is 8.91. The monoisotopic (exact) mass is 733 g/mol. The molecular formula is C37H40IrN2Si-2. The van der Waals surface area contributed by atoms with Gasteiger partial charge in [0.25, 0.3) is 0 Å². The zero-order valence-corrected chi connectivity index (χ0v) is 28.4. The number of benzene rings is 3. The summed E-state index contributed by atoms with van der Waals surface area (Å²) in [5.74, 6) is 0.667. The Kier molecular flexibility index (Phi) is 12.0. The van der Waals surface area contributed by atoms with E-state index < -0.39 is 8.07 Å². The smallest absolute Gasteiger partial charge is 0.0798 e. The molecular weight excluding hydrogens is 693 g/mol. The van der Waals surface area contributed by atoms with E-state index in [0.717, 1.165) is 35.4 Å². The first-order valence-electron chi connectivity index (χ1n) is 14.1. The molecule has 0 fully saturated rings. The van der Waals surface area contributed by atoms with Crippen molar-refractivity contribution in [2.75, 3.05) is 0 Å². The maximum absolute atomic E-state index is 4.69. The normalized spacial score (nSPS) is 10.9. The van der Waals surface area contributed by atoms with Crippen molar-refractivity contribution in [3.05, 3.63) is 138 Å². The Morgan fingerprint density at radius 2 is 1.24 bits per heavy atom. The van der Waals surface area contributed by atoms with Crippen LogP contribution in [0.1, 0.15) is 36.1 Å². The fraction of sp³-hybridized carbons (Fsp3) is 0.243. The van der Waals surface area contributed by atoms with Crippen LogP contribution in [-0.2, 0) is 32.9 Å². The molecule has 0 spiro atoms. The molecule has 2 aromatic heterocycles. The fourth-order valence-electron chi connectivity index (χ4n) is 4.75. The van der Waals surface area contributed by atoms with Gasteiger partial charge in [0, 0.05) is 32.5 Å². The first-order chi connectivity index (χ1) is 19.2. The Bertz CT molecular complexity index is 1500. The van der Waals surface area contributed by atoms with Crippen molar-refractivity contribution in [3.63, 3.8) is 0 Å². The topological polar surface area (TPSA) is 25.8 Å². The Hall–Kier alpha value is -3.17. The van der Waals surface area contributed by atoms with Gasteiger partial charge in [-0.05, 0) is 58.9 Å². The molecule has 0 atom stereocenters. The van der Waals surface area contributed by atoms with Crippen molar-refractivity contribution in [2.24, 2.45) is 5.92 Å². The summed E-state index contributed by atoms with van der Waals surface area (Å²) in [4.78, 5) is 9.21. The van der Waals surface area contributed by atoms with Gasteiger partial charge in [-0.15, -0.1) is 71.8 Å². The molecule has 2 nitrogen and oxygen atoms in total. The van der Waals surface area contributed by atoms with Gasteiger partial charge in [-0.25, -0.2) is 0 Å². The zero-order valence-electron chi connectivity index (χ0n) is 25.0. The van der Waals surface area contributed by atoms with Crippen molar-refractivity contribution < 1.29 is 20.1 Å². The van der Waals surface area contributed by atoms with Crippen LogP contribution < -0.4 is 5.19 Å². The second-order valence-corrected chi connectivity index (χ2v) is 16.8. The van der Waals surface area contributed by atoms with Crippen LogP contribution in [0.25, 0.3) is 22.5 Å². The molecule has 1 radical (unpaired) electrons. The molecule has 0 saturated heterocycles. The third kappa shape index (κ3) is 9.43. The Morgan fingerprint density at radius 1 is 0.707 bits per heavy atom. The molecule has 3 aromatic carbocycles.